The first-order valence-electron chi connectivity index (χ1n) is 5.54. The average molecular weight is 210 g/mol. The van der Waals surface area contributed by atoms with Crippen molar-refractivity contribution in [3.05, 3.63) is 12.4 Å². The summed E-state index contributed by atoms with van der Waals surface area (Å²) in [5.41, 5.74) is 5.71. The smallest absolute Gasteiger partial charge is 0.200 e. The van der Waals surface area contributed by atoms with Crippen molar-refractivity contribution in [2.45, 2.75) is 46.3 Å². The molecular weight excluding hydrogens is 188 g/mol. The first-order valence-corrected chi connectivity index (χ1v) is 5.54. The third-order valence-electron chi connectivity index (χ3n) is 2.67. The zero-order chi connectivity index (χ0) is 11.4. The van der Waals surface area contributed by atoms with E-state index in [9.17, 15) is 0 Å². The van der Waals surface area contributed by atoms with E-state index in [0.717, 1.165) is 13.1 Å². The first kappa shape index (κ1) is 12.0. The Morgan fingerprint density at radius 3 is 2.33 bits per heavy atom. The highest BCUT2D eigenvalue weighted by Crippen LogP contribution is 2.06. The van der Waals surface area contributed by atoms with Crippen molar-refractivity contribution >= 4 is 5.95 Å². The molecule has 0 saturated carbocycles. The molecule has 0 aliphatic heterocycles. The fourth-order valence-corrected chi connectivity index (χ4v) is 1.87. The lowest BCUT2D eigenvalue weighted by Gasteiger charge is -2.30. The Hall–Kier alpha value is -1.03. The highest BCUT2D eigenvalue weighted by molar-refractivity contribution is 5.16. The van der Waals surface area contributed by atoms with Crippen LogP contribution in [0.5, 0.6) is 0 Å². The van der Waals surface area contributed by atoms with E-state index in [0.29, 0.717) is 18.0 Å². The van der Waals surface area contributed by atoms with E-state index in [1.165, 1.54) is 0 Å². The van der Waals surface area contributed by atoms with Gasteiger partial charge in [0, 0.05) is 37.6 Å². The van der Waals surface area contributed by atoms with Gasteiger partial charge in [-0.2, -0.15) is 0 Å². The fourth-order valence-electron chi connectivity index (χ4n) is 1.87. The molecule has 0 radical (unpaired) electrons. The molecule has 0 saturated heterocycles. The number of hydrogen-bond acceptors (Lipinski definition) is 3. The van der Waals surface area contributed by atoms with Crippen LogP contribution >= 0.6 is 0 Å². The molecule has 0 fully saturated rings. The minimum absolute atomic E-state index is 0.565. The summed E-state index contributed by atoms with van der Waals surface area (Å²) in [6, 6.07) is 1.13. The molecule has 4 heteroatoms. The van der Waals surface area contributed by atoms with E-state index in [1.54, 1.807) is 6.20 Å². The number of imidazole rings is 1. The molecule has 1 rings (SSSR count). The van der Waals surface area contributed by atoms with Gasteiger partial charge in [-0.1, -0.05) is 0 Å². The molecule has 1 aromatic heterocycles. The predicted molar refractivity (Wildman–Crippen MR) is 63.6 cm³/mol. The summed E-state index contributed by atoms with van der Waals surface area (Å²) in [5, 5.41) is 0. The van der Waals surface area contributed by atoms with E-state index in [1.807, 2.05) is 10.8 Å². The molecule has 0 amide bonds. The van der Waals surface area contributed by atoms with Gasteiger partial charge in [0.25, 0.3) is 0 Å². The van der Waals surface area contributed by atoms with Crippen LogP contribution in [-0.2, 0) is 6.54 Å². The van der Waals surface area contributed by atoms with Crippen molar-refractivity contribution < 1.29 is 0 Å². The van der Waals surface area contributed by atoms with Crippen LogP contribution in [0.25, 0.3) is 0 Å². The Bertz CT molecular complexity index is 283. The average Bonchev–Trinajstić information content (AvgIpc) is 2.51. The molecule has 1 heterocycles. The largest absolute Gasteiger partial charge is 0.369 e. The molecule has 0 atom stereocenters. The lowest BCUT2D eigenvalue weighted by atomic mass is 10.2. The van der Waals surface area contributed by atoms with Crippen LogP contribution in [0.4, 0.5) is 5.95 Å². The first-order chi connectivity index (χ1) is 7.02. The number of aromatic nitrogens is 2. The summed E-state index contributed by atoms with van der Waals surface area (Å²) in [6.07, 6.45) is 3.67. The van der Waals surface area contributed by atoms with Gasteiger partial charge in [0.2, 0.25) is 0 Å². The molecule has 0 aliphatic carbocycles. The Kier molecular flexibility index (Phi) is 4.15. The number of rotatable bonds is 5. The maximum Gasteiger partial charge on any atom is 0.200 e. The minimum atomic E-state index is 0.565. The van der Waals surface area contributed by atoms with Gasteiger partial charge in [0.15, 0.2) is 5.95 Å². The zero-order valence-electron chi connectivity index (χ0n) is 10.1. The summed E-state index contributed by atoms with van der Waals surface area (Å²) in [5.74, 6) is 0.600. The SMILES string of the molecule is CC(C)N(CCn1ccnc1N)C(C)C. The molecule has 0 spiro atoms. The number of nitrogen functional groups attached to an aromatic ring is 1. The van der Waals surface area contributed by atoms with Crippen molar-refractivity contribution in [1.82, 2.24) is 14.5 Å². The molecule has 1 aromatic rings. The summed E-state index contributed by atoms with van der Waals surface area (Å²) in [6.45, 7) is 10.8. The number of hydrogen-bond donors (Lipinski definition) is 1. The Morgan fingerprint density at radius 2 is 1.93 bits per heavy atom. The Morgan fingerprint density at radius 1 is 1.33 bits per heavy atom. The normalized spacial score (nSPS) is 11.9. The van der Waals surface area contributed by atoms with Crippen LogP contribution in [0.15, 0.2) is 12.4 Å². The Balaban J connectivity index is 2.51. The zero-order valence-corrected chi connectivity index (χ0v) is 10.1. The predicted octanol–water partition coefficient (Wildman–Crippen LogP) is 1.58. The second-order valence-electron chi connectivity index (χ2n) is 4.40. The molecule has 15 heavy (non-hydrogen) atoms. The molecule has 0 aliphatic rings. The van der Waals surface area contributed by atoms with Crippen LogP contribution in [-0.4, -0.2) is 33.1 Å². The summed E-state index contributed by atoms with van der Waals surface area (Å²) >= 11 is 0. The highest BCUT2D eigenvalue weighted by atomic mass is 15.2. The second-order valence-corrected chi connectivity index (χ2v) is 4.40. The van der Waals surface area contributed by atoms with Crippen LogP contribution in [0.1, 0.15) is 27.7 Å². The molecule has 0 unspecified atom stereocenters. The van der Waals surface area contributed by atoms with E-state index >= 15 is 0 Å². The number of anilines is 1. The minimum Gasteiger partial charge on any atom is -0.369 e. The Labute approximate surface area is 92.1 Å². The van der Waals surface area contributed by atoms with Crippen LogP contribution < -0.4 is 5.73 Å². The van der Waals surface area contributed by atoms with Gasteiger partial charge in [-0.15, -0.1) is 0 Å². The van der Waals surface area contributed by atoms with Gasteiger partial charge in [-0.05, 0) is 27.7 Å². The molecule has 0 bridgehead atoms. The van der Waals surface area contributed by atoms with Crippen molar-refractivity contribution in [2.75, 3.05) is 12.3 Å². The lowest BCUT2D eigenvalue weighted by Crippen LogP contribution is -2.39. The van der Waals surface area contributed by atoms with E-state index in [2.05, 4.69) is 37.6 Å². The van der Waals surface area contributed by atoms with E-state index in [4.69, 9.17) is 5.73 Å². The third-order valence-corrected chi connectivity index (χ3v) is 2.67. The molecular formula is C11H22N4. The van der Waals surface area contributed by atoms with Gasteiger partial charge in [-0.25, -0.2) is 4.98 Å². The molecule has 86 valence electrons. The summed E-state index contributed by atoms with van der Waals surface area (Å²) < 4.78 is 1.98. The van der Waals surface area contributed by atoms with Crippen molar-refractivity contribution in [1.29, 1.82) is 0 Å². The van der Waals surface area contributed by atoms with Crippen molar-refractivity contribution in [2.24, 2.45) is 0 Å². The number of nitrogens with two attached hydrogens (primary N) is 1. The van der Waals surface area contributed by atoms with Gasteiger partial charge < -0.3 is 10.3 Å². The fraction of sp³-hybridized carbons (Fsp3) is 0.727. The quantitative estimate of drug-likeness (QED) is 0.802. The summed E-state index contributed by atoms with van der Waals surface area (Å²) in [4.78, 5) is 6.45. The topological polar surface area (TPSA) is 47.1 Å². The van der Waals surface area contributed by atoms with Gasteiger partial charge in [0.1, 0.15) is 0 Å². The van der Waals surface area contributed by atoms with Gasteiger partial charge in [0.05, 0.1) is 0 Å². The number of nitrogens with zero attached hydrogens (tertiary/aromatic N) is 3. The summed E-state index contributed by atoms with van der Waals surface area (Å²) in [7, 11) is 0. The molecule has 0 aromatic carbocycles. The van der Waals surface area contributed by atoms with Crippen LogP contribution in [0, 0.1) is 0 Å². The second kappa shape index (κ2) is 5.16. The monoisotopic (exact) mass is 210 g/mol. The molecule has 2 N–H and O–H groups in total. The van der Waals surface area contributed by atoms with E-state index in [-0.39, 0.29) is 0 Å². The van der Waals surface area contributed by atoms with Gasteiger partial charge in [-0.3, -0.25) is 4.90 Å². The highest BCUT2D eigenvalue weighted by Gasteiger charge is 2.13. The van der Waals surface area contributed by atoms with Crippen LogP contribution in [0.3, 0.4) is 0 Å². The van der Waals surface area contributed by atoms with Crippen LogP contribution in [0.2, 0.25) is 0 Å². The van der Waals surface area contributed by atoms with Gasteiger partial charge >= 0.3 is 0 Å². The van der Waals surface area contributed by atoms with Crippen molar-refractivity contribution in [3.63, 3.8) is 0 Å². The van der Waals surface area contributed by atoms with Crippen molar-refractivity contribution in [3.8, 4) is 0 Å². The third kappa shape index (κ3) is 3.23. The standard InChI is InChI=1S/C11H22N4/c1-9(2)15(10(3)4)8-7-14-6-5-13-11(14)12/h5-6,9-10H,7-8H2,1-4H3,(H2,12,13). The maximum absolute atomic E-state index is 5.71. The maximum atomic E-state index is 5.71. The molecule has 4 nitrogen and oxygen atoms in total. The lowest BCUT2D eigenvalue weighted by molar-refractivity contribution is 0.168. The van der Waals surface area contributed by atoms with E-state index < -0.39 is 0 Å².